The monoisotopic (exact) mass is 359 g/mol. The molecule has 0 radical (unpaired) electrons. The van der Waals surface area contributed by atoms with Gasteiger partial charge in [-0.2, -0.15) is 0 Å². The molecule has 3 rings (SSSR count). The first kappa shape index (κ1) is 17.5. The zero-order chi connectivity index (χ0) is 17.6. The number of ether oxygens (including phenoxy) is 1. The minimum absolute atomic E-state index is 0.140. The van der Waals surface area contributed by atoms with Gasteiger partial charge in [0.05, 0.1) is 18.8 Å². The van der Waals surface area contributed by atoms with Crippen LogP contribution >= 0.6 is 11.3 Å². The van der Waals surface area contributed by atoms with Crippen LogP contribution in [0.4, 0.5) is 5.13 Å². The van der Waals surface area contributed by atoms with E-state index in [-0.39, 0.29) is 6.10 Å². The summed E-state index contributed by atoms with van der Waals surface area (Å²) in [5.41, 5.74) is 2.25. The zero-order valence-electron chi connectivity index (χ0n) is 15.0. The summed E-state index contributed by atoms with van der Waals surface area (Å²) in [5, 5.41) is 9.71. The molecular formula is C18H25N5OS. The normalized spacial score (nSPS) is 16.3. The molecule has 2 N–H and O–H groups in total. The van der Waals surface area contributed by atoms with E-state index < -0.39 is 0 Å². The van der Waals surface area contributed by atoms with Crippen molar-refractivity contribution in [2.45, 2.75) is 26.0 Å². The van der Waals surface area contributed by atoms with Gasteiger partial charge in [-0.3, -0.25) is 0 Å². The Kier molecular flexibility index (Phi) is 5.75. The molecule has 2 heterocycles. The van der Waals surface area contributed by atoms with Crippen LogP contribution in [0.5, 0.6) is 5.75 Å². The number of nitrogens with zero attached hydrogens (tertiary/aromatic N) is 3. The molecule has 0 aliphatic carbocycles. The quantitative estimate of drug-likeness (QED) is 0.612. The molecule has 0 spiro atoms. The van der Waals surface area contributed by atoms with Gasteiger partial charge in [-0.05, 0) is 18.6 Å². The van der Waals surface area contributed by atoms with Crippen molar-refractivity contribution in [3.05, 3.63) is 40.9 Å². The van der Waals surface area contributed by atoms with Crippen molar-refractivity contribution in [3.63, 3.8) is 0 Å². The van der Waals surface area contributed by atoms with Gasteiger partial charge in [0, 0.05) is 32.4 Å². The summed E-state index contributed by atoms with van der Waals surface area (Å²) in [4.78, 5) is 11.2. The molecule has 0 amide bonds. The van der Waals surface area contributed by atoms with E-state index in [9.17, 15) is 0 Å². The SMILES string of the molecule is CCNC(=NCc1csc(N(C)C)n1)NCC1Cc2ccccc2O1. The summed E-state index contributed by atoms with van der Waals surface area (Å²) in [7, 11) is 3.99. The number of para-hydroxylation sites is 1. The van der Waals surface area contributed by atoms with E-state index in [0.717, 1.165) is 42.0 Å². The Bertz CT molecular complexity index is 703. The average Bonchev–Trinajstić information content (AvgIpc) is 3.23. The Morgan fingerprint density at radius 1 is 1.36 bits per heavy atom. The number of benzene rings is 1. The lowest BCUT2D eigenvalue weighted by atomic mass is 10.1. The Balaban J connectivity index is 1.54. The largest absolute Gasteiger partial charge is 0.488 e. The van der Waals surface area contributed by atoms with E-state index in [1.807, 2.05) is 31.1 Å². The van der Waals surface area contributed by atoms with Crippen molar-refractivity contribution in [1.82, 2.24) is 15.6 Å². The molecule has 0 saturated carbocycles. The van der Waals surface area contributed by atoms with Crippen LogP contribution in [0.25, 0.3) is 0 Å². The second kappa shape index (κ2) is 8.20. The third-order valence-electron chi connectivity index (χ3n) is 3.88. The summed E-state index contributed by atoms with van der Waals surface area (Å²) in [5.74, 6) is 1.79. The van der Waals surface area contributed by atoms with Gasteiger partial charge in [0.15, 0.2) is 11.1 Å². The minimum atomic E-state index is 0.140. The minimum Gasteiger partial charge on any atom is -0.488 e. The van der Waals surface area contributed by atoms with Gasteiger partial charge in [-0.1, -0.05) is 18.2 Å². The van der Waals surface area contributed by atoms with Crippen LogP contribution in [-0.2, 0) is 13.0 Å². The van der Waals surface area contributed by atoms with Gasteiger partial charge >= 0.3 is 0 Å². The standard InChI is InChI=1S/C18H25N5OS/c1-4-19-17(20-10-14-12-25-18(22-14)23(2)3)21-11-15-9-13-7-5-6-8-16(13)24-15/h5-8,12,15H,4,9-11H2,1-3H3,(H2,19,20,21). The first-order chi connectivity index (χ1) is 12.2. The summed E-state index contributed by atoms with van der Waals surface area (Å²) in [6.45, 7) is 4.16. The second-order valence-electron chi connectivity index (χ2n) is 6.14. The topological polar surface area (TPSA) is 61.8 Å². The third kappa shape index (κ3) is 4.63. The van der Waals surface area contributed by atoms with Crippen molar-refractivity contribution in [3.8, 4) is 5.75 Å². The maximum absolute atomic E-state index is 5.97. The molecule has 0 fully saturated rings. The highest BCUT2D eigenvalue weighted by Gasteiger charge is 2.22. The number of hydrogen-bond acceptors (Lipinski definition) is 5. The molecule has 1 aromatic heterocycles. The highest BCUT2D eigenvalue weighted by Crippen LogP contribution is 2.27. The zero-order valence-corrected chi connectivity index (χ0v) is 15.8. The Labute approximate surface area is 152 Å². The lowest BCUT2D eigenvalue weighted by Crippen LogP contribution is -2.42. The van der Waals surface area contributed by atoms with E-state index >= 15 is 0 Å². The number of anilines is 1. The van der Waals surface area contributed by atoms with Gasteiger partial charge in [0.1, 0.15) is 11.9 Å². The second-order valence-corrected chi connectivity index (χ2v) is 6.98. The Hall–Kier alpha value is -2.28. The summed E-state index contributed by atoms with van der Waals surface area (Å²) in [6, 6.07) is 8.22. The molecule has 0 saturated heterocycles. The van der Waals surface area contributed by atoms with E-state index in [0.29, 0.717) is 6.54 Å². The molecule has 7 heteroatoms. The molecule has 1 unspecified atom stereocenters. The molecule has 134 valence electrons. The molecule has 2 aromatic rings. The number of thiazole rings is 1. The molecule has 1 aliphatic heterocycles. The fourth-order valence-electron chi connectivity index (χ4n) is 2.65. The Morgan fingerprint density at radius 2 is 2.20 bits per heavy atom. The van der Waals surface area contributed by atoms with Gasteiger partial charge in [0.25, 0.3) is 0 Å². The van der Waals surface area contributed by atoms with Crippen molar-refractivity contribution in [2.75, 3.05) is 32.1 Å². The fourth-order valence-corrected chi connectivity index (χ4v) is 3.40. The van der Waals surface area contributed by atoms with Gasteiger partial charge < -0.3 is 20.3 Å². The first-order valence-corrected chi connectivity index (χ1v) is 9.42. The predicted octanol–water partition coefficient (Wildman–Crippen LogP) is 2.27. The molecule has 0 bridgehead atoms. The molecule has 1 aliphatic rings. The van der Waals surface area contributed by atoms with Crippen LogP contribution in [-0.4, -0.2) is 44.2 Å². The van der Waals surface area contributed by atoms with Crippen LogP contribution in [0.1, 0.15) is 18.2 Å². The van der Waals surface area contributed by atoms with Crippen LogP contribution in [0, 0.1) is 0 Å². The van der Waals surface area contributed by atoms with E-state index in [1.165, 1.54) is 5.56 Å². The van der Waals surface area contributed by atoms with Crippen LogP contribution < -0.4 is 20.3 Å². The van der Waals surface area contributed by atoms with Crippen molar-refractivity contribution < 1.29 is 4.74 Å². The van der Waals surface area contributed by atoms with E-state index in [2.05, 4.69) is 45.0 Å². The molecule has 1 aromatic carbocycles. The number of hydrogen-bond donors (Lipinski definition) is 2. The van der Waals surface area contributed by atoms with Gasteiger partial charge in [-0.15, -0.1) is 11.3 Å². The summed E-state index contributed by atoms with van der Waals surface area (Å²) >= 11 is 1.63. The fraction of sp³-hybridized carbons (Fsp3) is 0.444. The molecular weight excluding hydrogens is 334 g/mol. The van der Waals surface area contributed by atoms with E-state index in [4.69, 9.17) is 4.74 Å². The van der Waals surface area contributed by atoms with Gasteiger partial charge in [-0.25, -0.2) is 9.98 Å². The predicted molar refractivity (Wildman–Crippen MR) is 104 cm³/mol. The Morgan fingerprint density at radius 3 is 2.92 bits per heavy atom. The van der Waals surface area contributed by atoms with Crippen molar-refractivity contribution in [2.24, 2.45) is 4.99 Å². The summed E-state index contributed by atoms with van der Waals surface area (Å²) < 4.78 is 5.97. The summed E-state index contributed by atoms with van der Waals surface area (Å²) in [6.07, 6.45) is 1.07. The van der Waals surface area contributed by atoms with Crippen LogP contribution in [0.15, 0.2) is 34.6 Å². The number of aromatic nitrogens is 1. The lowest BCUT2D eigenvalue weighted by molar-refractivity contribution is 0.235. The van der Waals surface area contributed by atoms with Gasteiger partial charge in [0.2, 0.25) is 0 Å². The number of aliphatic imine (C=N–C) groups is 1. The smallest absolute Gasteiger partial charge is 0.191 e. The van der Waals surface area contributed by atoms with Crippen molar-refractivity contribution in [1.29, 1.82) is 0 Å². The highest BCUT2D eigenvalue weighted by molar-refractivity contribution is 7.13. The maximum Gasteiger partial charge on any atom is 0.191 e. The molecule has 6 nitrogen and oxygen atoms in total. The van der Waals surface area contributed by atoms with Crippen LogP contribution in [0.2, 0.25) is 0 Å². The highest BCUT2D eigenvalue weighted by atomic mass is 32.1. The van der Waals surface area contributed by atoms with E-state index in [1.54, 1.807) is 11.3 Å². The third-order valence-corrected chi connectivity index (χ3v) is 4.93. The van der Waals surface area contributed by atoms with Crippen molar-refractivity contribution >= 4 is 22.4 Å². The number of fused-ring (bicyclic) bond motifs is 1. The number of guanidine groups is 1. The first-order valence-electron chi connectivity index (χ1n) is 8.54. The maximum atomic E-state index is 5.97. The lowest BCUT2D eigenvalue weighted by Gasteiger charge is -2.15. The van der Waals surface area contributed by atoms with Crippen LogP contribution in [0.3, 0.4) is 0 Å². The molecule has 1 atom stereocenters. The number of rotatable bonds is 6. The average molecular weight is 359 g/mol. The molecule has 25 heavy (non-hydrogen) atoms. The number of nitrogens with one attached hydrogen (secondary N) is 2.